The molecule has 0 aromatic heterocycles. The summed E-state index contributed by atoms with van der Waals surface area (Å²) in [7, 11) is 0. The Morgan fingerprint density at radius 1 is 0.302 bits per heavy atom. The molecule has 0 spiro atoms. The van der Waals surface area contributed by atoms with E-state index >= 15 is 0 Å². The molecule has 0 heterocycles. The monoisotopic (exact) mass is 807 g/mol. The van der Waals surface area contributed by atoms with Crippen molar-refractivity contribution in [3.63, 3.8) is 0 Å². The Labute approximate surface area is 372 Å². The molecule has 3 aliphatic rings. The molecule has 9 aromatic carbocycles. The Morgan fingerprint density at radius 2 is 0.810 bits per heavy atom. The van der Waals surface area contributed by atoms with Gasteiger partial charge in [-0.1, -0.05) is 198 Å². The van der Waals surface area contributed by atoms with Crippen molar-refractivity contribution in [2.75, 3.05) is 4.90 Å². The van der Waals surface area contributed by atoms with E-state index < -0.39 is 0 Å². The molecule has 0 radical (unpaired) electrons. The van der Waals surface area contributed by atoms with Gasteiger partial charge in [0.25, 0.3) is 0 Å². The first-order valence-corrected chi connectivity index (χ1v) is 22.4. The average Bonchev–Trinajstić information content (AvgIpc) is 3.83. The van der Waals surface area contributed by atoms with E-state index in [1.165, 1.54) is 94.6 Å². The van der Waals surface area contributed by atoms with Gasteiger partial charge in [0.05, 0.1) is 5.69 Å². The van der Waals surface area contributed by atoms with Crippen molar-refractivity contribution in [2.45, 2.75) is 50.9 Å². The number of nitrogens with zero attached hydrogens (tertiary/aromatic N) is 1. The third-order valence-corrected chi connectivity index (χ3v) is 15.0. The van der Waals surface area contributed by atoms with Crippen molar-refractivity contribution in [1.29, 1.82) is 0 Å². The van der Waals surface area contributed by atoms with E-state index in [9.17, 15) is 0 Å². The molecule has 0 amide bonds. The molecule has 0 saturated heterocycles. The van der Waals surface area contributed by atoms with Crippen molar-refractivity contribution < 1.29 is 0 Å². The van der Waals surface area contributed by atoms with Crippen LogP contribution in [0.25, 0.3) is 55.6 Å². The van der Waals surface area contributed by atoms with Gasteiger partial charge in [-0.3, -0.25) is 0 Å². The van der Waals surface area contributed by atoms with Gasteiger partial charge < -0.3 is 4.90 Å². The van der Waals surface area contributed by atoms with Crippen molar-refractivity contribution in [2.24, 2.45) is 0 Å². The molecule has 0 fully saturated rings. The fourth-order valence-electron chi connectivity index (χ4n) is 11.7. The van der Waals surface area contributed by atoms with Gasteiger partial charge in [0, 0.05) is 33.2 Å². The molecule has 1 unspecified atom stereocenters. The molecule has 12 rings (SSSR count). The zero-order valence-electron chi connectivity index (χ0n) is 36.6. The average molecular weight is 808 g/mol. The summed E-state index contributed by atoms with van der Waals surface area (Å²) >= 11 is 0. The van der Waals surface area contributed by atoms with E-state index in [1.54, 1.807) is 0 Å². The molecule has 0 saturated carbocycles. The van der Waals surface area contributed by atoms with Gasteiger partial charge >= 0.3 is 0 Å². The Hall–Kier alpha value is -7.22. The molecule has 0 N–H and O–H groups in total. The second-order valence-electron chi connectivity index (χ2n) is 19.0. The highest BCUT2D eigenvalue weighted by molar-refractivity contribution is 5.99. The second kappa shape index (κ2) is 13.6. The molecule has 63 heavy (non-hydrogen) atoms. The Kier molecular flexibility index (Phi) is 8.13. The maximum atomic E-state index is 2.52. The highest BCUT2D eigenvalue weighted by Gasteiger charge is 2.42. The Morgan fingerprint density at radius 3 is 1.59 bits per heavy atom. The second-order valence-corrected chi connectivity index (χ2v) is 19.0. The minimum Gasteiger partial charge on any atom is -0.310 e. The molecule has 1 nitrogen and oxygen atoms in total. The van der Waals surface area contributed by atoms with Crippen LogP contribution in [-0.2, 0) is 16.2 Å². The molecule has 3 aliphatic carbocycles. The summed E-state index contributed by atoms with van der Waals surface area (Å²) in [4.78, 5) is 2.52. The zero-order valence-corrected chi connectivity index (χ0v) is 36.6. The lowest BCUT2D eigenvalue weighted by Gasteiger charge is -2.32. The fraction of sp³-hybridized carbons (Fsp3) is 0.129. The van der Waals surface area contributed by atoms with Gasteiger partial charge in [-0.15, -0.1) is 0 Å². The highest BCUT2D eigenvalue weighted by atomic mass is 15.1. The number of rotatable bonds is 6. The van der Waals surface area contributed by atoms with E-state index in [2.05, 4.69) is 246 Å². The first-order chi connectivity index (χ1) is 30.7. The summed E-state index contributed by atoms with van der Waals surface area (Å²) in [6, 6.07) is 77.5. The van der Waals surface area contributed by atoms with Crippen molar-refractivity contribution >= 4 is 17.1 Å². The number of hydrogen-bond donors (Lipinski definition) is 0. The smallest absolute Gasteiger partial charge is 0.0540 e. The topological polar surface area (TPSA) is 3.24 Å². The molecule has 1 heteroatoms. The third-order valence-electron chi connectivity index (χ3n) is 15.0. The lowest BCUT2D eigenvalue weighted by Crippen LogP contribution is -2.23. The SMILES string of the molecule is CC1(C)c2ccccc2-c2ccc(-c3cccc(N(c4ccc5c(c4)C(C)(c4ccccc4)c4ccccc4-5)c4ccccc4-c4cccc5c4-c4ccccc4C5(C)C)c3)cc21. The normalized spacial score (nSPS) is 16.7. The lowest BCUT2D eigenvalue weighted by atomic mass is 9.74. The van der Waals surface area contributed by atoms with Crippen molar-refractivity contribution in [1.82, 2.24) is 0 Å². The zero-order chi connectivity index (χ0) is 42.7. The van der Waals surface area contributed by atoms with E-state index in [4.69, 9.17) is 0 Å². The van der Waals surface area contributed by atoms with Crippen LogP contribution in [0.4, 0.5) is 17.1 Å². The van der Waals surface area contributed by atoms with Crippen LogP contribution >= 0.6 is 0 Å². The van der Waals surface area contributed by atoms with Crippen LogP contribution in [0.5, 0.6) is 0 Å². The summed E-state index contributed by atoms with van der Waals surface area (Å²) in [6.07, 6.45) is 0. The number of para-hydroxylation sites is 1. The van der Waals surface area contributed by atoms with Crippen LogP contribution in [0.15, 0.2) is 206 Å². The molecular formula is C62H49N. The van der Waals surface area contributed by atoms with Crippen molar-refractivity contribution in [3.8, 4) is 55.6 Å². The van der Waals surface area contributed by atoms with Crippen LogP contribution in [-0.4, -0.2) is 0 Å². The molecule has 302 valence electrons. The van der Waals surface area contributed by atoms with E-state index in [0.29, 0.717) is 0 Å². The quantitative estimate of drug-likeness (QED) is 0.162. The van der Waals surface area contributed by atoms with Gasteiger partial charge in [0.1, 0.15) is 0 Å². The minimum atomic E-state index is -0.333. The van der Waals surface area contributed by atoms with Gasteiger partial charge in [-0.2, -0.15) is 0 Å². The van der Waals surface area contributed by atoms with E-state index in [1.807, 2.05) is 0 Å². The van der Waals surface area contributed by atoms with E-state index in [-0.39, 0.29) is 16.2 Å². The molecule has 0 aliphatic heterocycles. The lowest BCUT2D eigenvalue weighted by molar-refractivity contribution is 0.660. The highest BCUT2D eigenvalue weighted by Crippen LogP contribution is 2.57. The van der Waals surface area contributed by atoms with Gasteiger partial charge in [0.15, 0.2) is 0 Å². The Bertz CT molecular complexity index is 3310. The standard InChI is InChI=1S/C62H49N/c1-60(2)53-29-14-11-26-51(53)59-50(27-18-31-55(59)60)49-25-12-16-32-58(49)63(44-34-36-48-46-24-10-15-30-54(46)62(5,57(48)39-44)42-20-7-6-8-21-42)43-22-17-19-40(37-43)41-33-35-47-45-23-9-13-28-52(45)61(3,4)56(47)38-41/h6-39H,1-5H3. The molecule has 1 atom stereocenters. The number of hydrogen-bond acceptors (Lipinski definition) is 1. The largest absolute Gasteiger partial charge is 0.310 e. The van der Waals surface area contributed by atoms with Crippen LogP contribution < -0.4 is 4.90 Å². The summed E-state index contributed by atoms with van der Waals surface area (Å²) in [5.74, 6) is 0. The fourth-order valence-corrected chi connectivity index (χ4v) is 11.7. The van der Waals surface area contributed by atoms with Crippen LogP contribution in [0.1, 0.15) is 73.6 Å². The van der Waals surface area contributed by atoms with Gasteiger partial charge in [0.2, 0.25) is 0 Å². The molecular weight excluding hydrogens is 759 g/mol. The van der Waals surface area contributed by atoms with E-state index in [0.717, 1.165) is 17.1 Å². The number of anilines is 3. The van der Waals surface area contributed by atoms with Gasteiger partial charge in [-0.05, 0) is 132 Å². The first kappa shape index (κ1) is 37.5. The Balaban J connectivity index is 1.08. The maximum Gasteiger partial charge on any atom is 0.0540 e. The van der Waals surface area contributed by atoms with Crippen LogP contribution in [0.2, 0.25) is 0 Å². The number of fused-ring (bicyclic) bond motifs is 9. The molecule has 0 bridgehead atoms. The third kappa shape index (κ3) is 5.36. The summed E-state index contributed by atoms with van der Waals surface area (Å²) in [6.45, 7) is 11.9. The summed E-state index contributed by atoms with van der Waals surface area (Å²) in [5, 5.41) is 0. The predicted octanol–water partition coefficient (Wildman–Crippen LogP) is 16.4. The first-order valence-electron chi connectivity index (χ1n) is 22.4. The van der Waals surface area contributed by atoms with Crippen molar-refractivity contribution in [3.05, 3.63) is 245 Å². The number of benzene rings is 9. The maximum absolute atomic E-state index is 2.52. The minimum absolute atomic E-state index is 0.0823. The summed E-state index contributed by atoms with van der Waals surface area (Å²) in [5.41, 5.74) is 25.2. The van der Waals surface area contributed by atoms with Crippen LogP contribution in [0.3, 0.4) is 0 Å². The molecule has 9 aromatic rings. The predicted molar refractivity (Wildman–Crippen MR) is 265 cm³/mol. The van der Waals surface area contributed by atoms with Gasteiger partial charge in [-0.25, -0.2) is 0 Å². The van der Waals surface area contributed by atoms with Crippen LogP contribution in [0, 0.1) is 0 Å². The summed E-state index contributed by atoms with van der Waals surface area (Å²) < 4.78 is 0.